The van der Waals surface area contributed by atoms with Gasteiger partial charge in [0.15, 0.2) is 0 Å². The molecule has 2 rings (SSSR count). The molecule has 0 spiro atoms. The Bertz CT molecular complexity index is 452. The molecule has 0 aliphatic heterocycles. The molecule has 0 aliphatic rings. The van der Waals surface area contributed by atoms with Crippen LogP contribution in [0.2, 0.25) is 0 Å². The summed E-state index contributed by atoms with van der Waals surface area (Å²) >= 11 is 0. The van der Waals surface area contributed by atoms with Crippen molar-refractivity contribution in [3.63, 3.8) is 0 Å². The Morgan fingerprint density at radius 1 is 1.00 bits per heavy atom. The van der Waals surface area contributed by atoms with Crippen molar-refractivity contribution in [1.82, 2.24) is 0 Å². The molecular weight excluding hydrogens is 194 g/mol. The average molecular weight is 203 g/mol. The van der Waals surface area contributed by atoms with E-state index in [-0.39, 0.29) is 5.56 Å². The van der Waals surface area contributed by atoms with Crippen LogP contribution < -0.4 is 0 Å². The number of halogens is 2. The van der Waals surface area contributed by atoms with Gasteiger partial charge in [-0.15, -0.1) is 0 Å². The molecule has 2 aromatic rings. The summed E-state index contributed by atoms with van der Waals surface area (Å²) in [7, 11) is 0. The largest absolute Gasteiger partial charge is 0.206 e. The number of aryl methyl sites for hydroxylation is 1. The van der Waals surface area contributed by atoms with Crippen molar-refractivity contribution in [1.29, 1.82) is 0 Å². The predicted molar refractivity (Wildman–Crippen MR) is 55.4 cm³/mol. The van der Waals surface area contributed by atoms with Gasteiger partial charge in [0.25, 0.3) is 0 Å². The van der Waals surface area contributed by atoms with Gasteiger partial charge >= 0.3 is 0 Å². The molecule has 2 heteroatoms. The van der Waals surface area contributed by atoms with Crippen molar-refractivity contribution in [2.24, 2.45) is 0 Å². The highest BCUT2D eigenvalue weighted by atomic mass is 19.1. The van der Waals surface area contributed by atoms with Gasteiger partial charge in [0.05, 0.1) is 5.56 Å². The molecule has 0 bridgehead atoms. The van der Waals surface area contributed by atoms with E-state index in [1.54, 1.807) is 12.1 Å². The van der Waals surface area contributed by atoms with E-state index in [0.717, 1.165) is 5.56 Å². The summed E-state index contributed by atoms with van der Waals surface area (Å²) in [5.41, 5.74) is 1.57. The molecule has 0 nitrogen and oxygen atoms in total. The van der Waals surface area contributed by atoms with Crippen LogP contribution in [0.5, 0.6) is 0 Å². The zero-order valence-electron chi connectivity index (χ0n) is 8.22. The van der Waals surface area contributed by atoms with E-state index in [0.29, 0.717) is 5.56 Å². The molecule has 0 saturated carbocycles. The molecule has 0 aromatic heterocycles. The highest BCUT2D eigenvalue weighted by Crippen LogP contribution is 2.25. The van der Waals surface area contributed by atoms with Crippen molar-refractivity contribution < 1.29 is 8.78 Å². The Hall–Kier alpha value is -1.70. The number of rotatable bonds is 1. The summed E-state index contributed by atoms with van der Waals surface area (Å²) in [6, 6.07) is 11.8. The lowest BCUT2D eigenvalue weighted by molar-refractivity contribution is 0.588. The van der Waals surface area contributed by atoms with E-state index >= 15 is 0 Å². The Kier molecular flexibility index (Phi) is 2.50. The lowest BCUT2D eigenvalue weighted by Crippen LogP contribution is -1.89. The normalized spacial score (nSPS) is 10.3. The fraction of sp³-hybridized carbons (Fsp3) is 0.0769. The summed E-state index contributed by atoms with van der Waals surface area (Å²) in [6.07, 6.45) is 0. The quantitative estimate of drug-likeness (QED) is 0.662. The second-order valence-corrected chi connectivity index (χ2v) is 3.38. The minimum Gasteiger partial charge on any atom is -0.206 e. The molecule has 0 unspecified atom stereocenters. The van der Waals surface area contributed by atoms with Crippen LogP contribution in [-0.2, 0) is 0 Å². The lowest BCUT2D eigenvalue weighted by atomic mass is 10.0. The van der Waals surface area contributed by atoms with Crippen LogP contribution >= 0.6 is 0 Å². The number of hydrogen-bond acceptors (Lipinski definition) is 0. The Balaban J connectivity index is 2.58. The molecule has 0 aliphatic carbocycles. The summed E-state index contributed by atoms with van der Waals surface area (Å²) in [5, 5.41) is 0. The van der Waals surface area contributed by atoms with Crippen LogP contribution in [0, 0.1) is 24.6 Å². The van der Waals surface area contributed by atoms with Gasteiger partial charge < -0.3 is 0 Å². The minimum atomic E-state index is -0.654. The molecular formula is C13H9F2. The van der Waals surface area contributed by atoms with Gasteiger partial charge in [-0.1, -0.05) is 29.8 Å². The van der Waals surface area contributed by atoms with Crippen LogP contribution in [0.15, 0.2) is 36.4 Å². The third-order valence-electron chi connectivity index (χ3n) is 2.24. The van der Waals surface area contributed by atoms with Gasteiger partial charge in [0.2, 0.25) is 0 Å². The van der Waals surface area contributed by atoms with Gasteiger partial charge in [-0.3, -0.25) is 0 Å². The molecule has 0 N–H and O–H groups in total. The highest BCUT2D eigenvalue weighted by Gasteiger charge is 2.10. The third-order valence-corrected chi connectivity index (χ3v) is 2.24. The first-order chi connectivity index (χ1) is 7.18. The van der Waals surface area contributed by atoms with Crippen LogP contribution in [0.3, 0.4) is 0 Å². The Morgan fingerprint density at radius 2 is 1.67 bits per heavy atom. The molecule has 1 radical (unpaired) electrons. The zero-order chi connectivity index (χ0) is 10.8. The van der Waals surface area contributed by atoms with Crippen LogP contribution in [0.4, 0.5) is 8.78 Å². The summed E-state index contributed by atoms with van der Waals surface area (Å²) in [6.45, 7) is 1.92. The topological polar surface area (TPSA) is 0 Å². The van der Waals surface area contributed by atoms with Gasteiger partial charge in [-0.25, -0.2) is 8.78 Å². The molecule has 2 aromatic carbocycles. The van der Waals surface area contributed by atoms with Crippen molar-refractivity contribution in [3.8, 4) is 11.1 Å². The van der Waals surface area contributed by atoms with Gasteiger partial charge in [0, 0.05) is 6.07 Å². The maximum atomic E-state index is 13.4. The first-order valence-electron chi connectivity index (χ1n) is 4.61. The SMILES string of the molecule is Cc1ccc(-c2c(F)[c]ccc2F)cc1. The van der Waals surface area contributed by atoms with Crippen molar-refractivity contribution >= 4 is 0 Å². The average Bonchev–Trinajstić information content (AvgIpc) is 2.20. The fourth-order valence-electron chi connectivity index (χ4n) is 1.43. The zero-order valence-corrected chi connectivity index (χ0v) is 8.22. The number of benzene rings is 2. The monoisotopic (exact) mass is 203 g/mol. The third kappa shape index (κ3) is 1.89. The van der Waals surface area contributed by atoms with Crippen LogP contribution in [-0.4, -0.2) is 0 Å². The minimum absolute atomic E-state index is 0.0162. The molecule has 0 amide bonds. The Labute approximate surface area is 87.2 Å². The lowest BCUT2D eigenvalue weighted by Gasteiger charge is -2.04. The summed E-state index contributed by atoms with van der Waals surface area (Å²) in [5.74, 6) is -1.21. The summed E-state index contributed by atoms with van der Waals surface area (Å²) < 4.78 is 26.7. The van der Waals surface area contributed by atoms with Gasteiger partial charge in [-0.05, 0) is 24.6 Å². The second kappa shape index (κ2) is 3.81. The highest BCUT2D eigenvalue weighted by molar-refractivity contribution is 5.64. The smallest absolute Gasteiger partial charge is 0.141 e. The van der Waals surface area contributed by atoms with E-state index in [1.165, 1.54) is 12.1 Å². The van der Waals surface area contributed by atoms with Gasteiger partial charge in [0.1, 0.15) is 11.6 Å². The Morgan fingerprint density at radius 3 is 2.27 bits per heavy atom. The van der Waals surface area contributed by atoms with E-state index < -0.39 is 11.6 Å². The molecule has 0 atom stereocenters. The fourth-order valence-corrected chi connectivity index (χ4v) is 1.43. The maximum absolute atomic E-state index is 13.4. The molecule has 15 heavy (non-hydrogen) atoms. The number of hydrogen-bond donors (Lipinski definition) is 0. The molecule has 0 heterocycles. The van der Waals surface area contributed by atoms with E-state index in [9.17, 15) is 8.78 Å². The van der Waals surface area contributed by atoms with E-state index in [4.69, 9.17) is 0 Å². The second-order valence-electron chi connectivity index (χ2n) is 3.38. The first kappa shape index (κ1) is 9.84. The van der Waals surface area contributed by atoms with E-state index in [2.05, 4.69) is 6.07 Å². The maximum Gasteiger partial charge on any atom is 0.141 e. The molecule has 0 fully saturated rings. The van der Waals surface area contributed by atoms with Crippen molar-refractivity contribution in [3.05, 3.63) is 59.7 Å². The standard InChI is InChI=1S/C13H9F2/c1-9-5-7-10(8-6-9)13-11(14)3-2-4-12(13)15/h2-3,5-8H,1H3. The van der Waals surface area contributed by atoms with Gasteiger partial charge in [-0.2, -0.15) is 0 Å². The van der Waals surface area contributed by atoms with Crippen molar-refractivity contribution in [2.75, 3.05) is 0 Å². The van der Waals surface area contributed by atoms with Crippen LogP contribution in [0.1, 0.15) is 5.56 Å². The summed E-state index contributed by atoms with van der Waals surface area (Å²) in [4.78, 5) is 0. The van der Waals surface area contributed by atoms with Crippen molar-refractivity contribution in [2.45, 2.75) is 6.92 Å². The predicted octanol–water partition coefficient (Wildman–Crippen LogP) is 3.74. The first-order valence-corrected chi connectivity index (χ1v) is 4.61. The van der Waals surface area contributed by atoms with Crippen LogP contribution in [0.25, 0.3) is 11.1 Å². The van der Waals surface area contributed by atoms with E-state index in [1.807, 2.05) is 19.1 Å². The molecule has 75 valence electrons. The molecule has 0 saturated heterocycles.